The molecule has 2 saturated carbocycles. The van der Waals surface area contributed by atoms with Gasteiger partial charge in [0.15, 0.2) is 11.6 Å². The van der Waals surface area contributed by atoms with Crippen molar-refractivity contribution in [2.75, 3.05) is 6.61 Å². The third-order valence-electron chi connectivity index (χ3n) is 7.12. The van der Waals surface area contributed by atoms with Gasteiger partial charge in [-0.05, 0) is 78.9 Å². The third kappa shape index (κ3) is 3.68. The summed E-state index contributed by atoms with van der Waals surface area (Å²) in [5.74, 6) is 1.88. The number of ether oxygens (including phenoxy) is 1. The van der Waals surface area contributed by atoms with Crippen LogP contribution in [0.1, 0.15) is 63.4 Å². The van der Waals surface area contributed by atoms with E-state index in [4.69, 9.17) is 4.74 Å². The predicted octanol–water partition coefficient (Wildman–Crippen LogP) is 7.39. The molecule has 150 valence electrons. The molecule has 0 N–H and O–H groups in total. The van der Waals surface area contributed by atoms with Gasteiger partial charge in [0.05, 0.1) is 5.39 Å². The van der Waals surface area contributed by atoms with Crippen molar-refractivity contribution < 1.29 is 13.5 Å². The standard InChI is InChI=1S/C25H30F2O/c1-3-11-28-23-10-9-20-14-21(15-22(26)24(20)25(23)27)19-8-7-17-12-16(4-2)5-6-18(17)13-19/h3,9-10,14-19H,1,4-8,11-13H2,2H3. The predicted molar refractivity (Wildman–Crippen MR) is 111 cm³/mol. The highest BCUT2D eigenvalue weighted by atomic mass is 19.1. The number of hydrogen-bond acceptors (Lipinski definition) is 1. The summed E-state index contributed by atoms with van der Waals surface area (Å²) in [6.45, 7) is 6.07. The third-order valence-corrected chi connectivity index (χ3v) is 7.12. The number of fused-ring (bicyclic) bond motifs is 2. The molecule has 0 heterocycles. The summed E-state index contributed by atoms with van der Waals surface area (Å²) >= 11 is 0. The van der Waals surface area contributed by atoms with Crippen LogP contribution in [0.15, 0.2) is 36.9 Å². The van der Waals surface area contributed by atoms with Crippen LogP contribution in [-0.2, 0) is 0 Å². The second-order valence-corrected chi connectivity index (χ2v) is 8.70. The van der Waals surface area contributed by atoms with Crippen LogP contribution in [0.3, 0.4) is 0 Å². The molecule has 2 aromatic carbocycles. The molecule has 0 amide bonds. The monoisotopic (exact) mass is 384 g/mol. The highest BCUT2D eigenvalue weighted by molar-refractivity contribution is 5.86. The van der Waals surface area contributed by atoms with E-state index < -0.39 is 11.6 Å². The van der Waals surface area contributed by atoms with Crippen LogP contribution in [0.2, 0.25) is 0 Å². The minimum atomic E-state index is -0.620. The van der Waals surface area contributed by atoms with Crippen molar-refractivity contribution in [1.29, 1.82) is 0 Å². The van der Waals surface area contributed by atoms with E-state index in [-0.39, 0.29) is 17.7 Å². The van der Waals surface area contributed by atoms with Gasteiger partial charge in [-0.25, -0.2) is 8.78 Å². The summed E-state index contributed by atoms with van der Waals surface area (Å²) in [6, 6.07) is 6.90. The minimum absolute atomic E-state index is 0.0300. The molecule has 0 aliphatic heterocycles. The molecule has 2 aliphatic carbocycles. The minimum Gasteiger partial charge on any atom is -0.486 e. The van der Waals surface area contributed by atoms with E-state index in [0.29, 0.717) is 11.3 Å². The zero-order valence-corrected chi connectivity index (χ0v) is 16.7. The maximum atomic E-state index is 14.9. The van der Waals surface area contributed by atoms with Crippen molar-refractivity contribution >= 4 is 10.8 Å². The van der Waals surface area contributed by atoms with Gasteiger partial charge in [0, 0.05) is 0 Å². The summed E-state index contributed by atoms with van der Waals surface area (Å²) in [5, 5.41) is 0.651. The van der Waals surface area contributed by atoms with Gasteiger partial charge in [0.2, 0.25) is 0 Å². The average Bonchev–Trinajstić information content (AvgIpc) is 2.72. The molecular formula is C25H30F2O. The molecule has 1 nitrogen and oxygen atoms in total. The van der Waals surface area contributed by atoms with Crippen LogP contribution in [-0.4, -0.2) is 6.61 Å². The van der Waals surface area contributed by atoms with Gasteiger partial charge in [-0.3, -0.25) is 0 Å². The van der Waals surface area contributed by atoms with E-state index in [9.17, 15) is 8.78 Å². The summed E-state index contributed by atoms with van der Waals surface area (Å²) in [4.78, 5) is 0. The number of halogens is 2. The molecule has 2 aromatic rings. The van der Waals surface area contributed by atoms with Gasteiger partial charge in [0.1, 0.15) is 12.4 Å². The van der Waals surface area contributed by atoms with E-state index >= 15 is 0 Å². The zero-order valence-electron chi connectivity index (χ0n) is 16.7. The summed E-state index contributed by atoms with van der Waals surface area (Å²) < 4.78 is 34.9. The molecule has 4 rings (SSSR count). The Kier molecular flexibility index (Phi) is 5.70. The van der Waals surface area contributed by atoms with Crippen LogP contribution < -0.4 is 4.74 Å². The summed E-state index contributed by atoms with van der Waals surface area (Å²) in [5.41, 5.74) is 1.03. The van der Waals surface area contributed by atoms with Gasteiger partial charge in [-0.2, -0.15) is 0 Å². The fourth-order valence-electron chi connectivity index (χ4n) is 5.53. The van der Waals surface area contributed by atoms with E-state index in [1.165, 1.54) is 32.1 Å². The van der Waals surface area contributed by atoms with E-state index in [2.05, 4.69) is 13.5 Å². The maximum absolute atomic E-state index is 14.9. The van der Waals surface area contributed by atoms with Crippen molar-refractivity contribution in [3.8, 4) is 5.75 Å². The van der Waals surface area contributed by atoms with Crippen molar-refractivity contribution in [3.05, 3.63) is 54.1 Å². The molecule has 0 aromatic heterocycles. The number of benzene rings is 2. The second kappa shape index (κ2) is 8.23. The molecule has 28 heavy (non-hydrogen) atoms. The Hall–Kier alpha value is -1.90. The lowest BCUT2D eigenvalue weighted by Gasteiger charge is -2.42. The first-order valence-electron chi connectivity index (χ1n) is 10.8. The Morgan fingerprint density at radius 2 is 1.86 bits per heavy atom. The SMILES string of the molecule is C=CCOc1ccc2cc(C3CCC4CC(CC)CCC4C3)cc(F)c2c1F. The van der Waals surface area contributed by atoms with Crippen molar-refractivity contribution in [1.82, 2.24) is 0 Å². The van der Waals surface area contributed by atoms with E-state index in [1.54, 1.807) is 24.3 Å². The second-order valence-electron chi connectivity index (χ2n) is 8.70. The topological polar surface area (TPSA) is 9.23 Å². The quantitative estimate of drug-likeness (QED) is 0.488. The van der Waals surface area contributed by atoms with E-state index in [1.807, 2.05) is 6.07 Å². The first-order valence-corrected chi connectivity index (χ1v) is 10.8. The van der Waals surface area contributed by atoms with E-state index in [0.717, 1.165) is 36.2 Å². The highest BCUT2D eigenvalue weighted by Crippen LogP contribution is 2.48. The molecule has 4 atom stereocenters. The molecule has 4 unspecified atom stereocenters. The van der Waals surface area contributed by atoms with Gasteiger partial charge in [-0.15, -0.1) is 0 Å². The van der Waals surface area contributed by atoms with Gasteiger partial charge < -0.3 is 4.74 Å². The highest BCUT2D eigenvalue weighted by Gasteiger charge is 2.35. The maximum Gasteiger partial charge on any atom is 0.175 e. The Bertz CT molecular complexity index is 859. The Labute approximate surface area is 166 Å². The Balaban J connectivity index is 1.57. The van der Waals surface area contributed by atoms with Crippen LogP contribution in [0.5, 0.6) is 5.75 Å². The smallest absolute Gasteiger partial charge is 0.175 e. The molecule has 0 bridgehead atoms. The molecule has 0 radical (unpaired) electrons. The van der Waals surface area contributed by atoms with Gasteiger partial charge >= 0.3 is 0 Å². The normalized spacial score (nSPS) is 27.4. The first kappa shape index (κ1) is 19.4. The fraction of sp³-hybridized carbons (Fsp3) is 0.520. The van der Waals surface area contributed by atoms with Crippen molar-refractivity contribution in [3.63, 3.8) is 0 Å². The number of rotatable bonds is 5. The zero-order chi connectivity index (χ0) is 19.7. The lowest BCUT2D eigenvalue weighted by Crippen LogP contribution is -2.30. The van der Waals surface area contributed by atoms with Gasteiger partial charge in [-0.1, -0.05) is 44.6 Å². The van der Waals surface area contributed by atoms with Crippen LogP contribution in [0.4, 0.5) is 8.78 Å². The van der Waals surface area contributed by atoms with Crippen LogP contribution in [0, 0.1) is 29.4 Å². The van der Waals surface area contributed by atoms with Crippen molar-refractivity contribution in [2.24, 2.45) is 17.8 Å². The van der Waals surface area contributed by atoms with Crippen LogP contribution >= 0.6 is 0 Å². The summed E-state index contributed by atoms with van der Waals surface area (Å²) in [6.07, 6.45) is 10.4. The van der Waals surface area contributed by atoms with Crippen LogP contribution in [0.25, 0.3) is 10.8 Å². The lowest BCUT2D eigenvalue weighted by molar-refractivity contribution is 0.116. The molecule has 0 saturated heterocycles. The van der Waals surface area contributed by atoms with Crippen molar-refractivity contribution in [2.45, 2.75) is 57.8 Å². The lowest BCUT2D eigenvalue weighted by atomic mass is 9.63. The Morgan fingerprint density at radius 1 is 1.07 bits per heavy atom. The summed E-state index contributed by atoms with van der Waals surface area (Å²) in [7, 11) is 0. The average molecular weight is 385 g/mol. The molecule has 2 aliphatic rings. The Morgan fingerprint density at radius 3 is 2.64 bits per heavy atom. The molecular weight excluding hydrogens is 354 g/mol. The van der Waals surface area contributed by atoms with Gasteiger partial charge in [0.25, 0.3) is 0 Å². The largest absolute Gasteiger partial charge is 0.486 e. The molecule has 3 heteroatoms. The molecule has 0 spiro atoms. The molecule has 2 fully saturated rings. The number of hydrogen-bond donors (Lipinski definition) is 0. The first-order chi connectivity index (χ1) is 13.6. The fourth-order valence-corrected chi connectivity index (χ4v) is 5.53.